The van der Waals surface area contributed by atoms with Gasteiger partial charge in [-0.2, -0.15) is 4.39 Å². The molecule has 0 spiro atoms. The third-order valence-corrected chi connectivity index (χ3v) is 6.37. The average molecular weight is 419 g/mol. The van der Waals surface area contributed by atoms with Crippen LogP contribution in [0.1, 0.15) is 20.1 Å². The van der Waals surface area contributed by atoms with Gasteiger partial charge < -0.3 is 13.8 Å². The molecule has 0 unspecified atom stereocenters. The SMILES string of the molecule is CC(C)O[P@]1(=S)OC[C@H]2O[C@@H](n3cc(F)c(=O)[nH]c3=O)[C@@](F)(Cl)[C@@H]2O1. The number of alkyl halides is 2. The van der Waals surface area contributed by atoms with Gasteiger partial charge in [-0.1, -0.05) is 11.6 Å². The molecule has 0 aliphatic carbocycles. The van der Waals surface area contributed by atoms with Crippen LogP contribution in [0.25, 0.3) is 0 Å². The van der Waals surface area contributed by atoms with Crippen molar-refractivity contribution in [1.82, 2.24) is 9.55 Å². The summed E-state index contributed by atoms with van der Waals surface area (Å²) in [6.45, 7) is -0.0312. The second-order valence-electron chi connectivity index (χ2n) is 5.77. The van der Waals surface area contributed by atoms with Gasteiger partial charge in [0.25, 0.3) is 10.7 Å². The van der Waals surface area contributed by atoms with Gasteiger partial charge in [0.2, 0.25) is 5.82 Å². The number of halogens is 3. The van der Waals surface area contributed by atoms with E-state index in [0.717, 1.165) is 0 Å². The minimum atomic E-state index is -3.26. The normalized spacial score (nSPS) is 38.1. The van der Waals surface area contributed by atoms with Crippen molar-refractivity contribution in [3.05, 3.63) is 32.9 Å². The van der Waals surface area contributed by atoms with E-state index in [4.69, 9.17) is 41.7 Å². The predicted molar refractivity (Wildman–Crippen MR) is 86.2 cm³/mol. The molecule has 3 heterocycles. The summed E-state index contributed by atoms with van der Waals surface area (Å²) < 4.78 is 50.8. The molecule has 5 atom stereocenters. The topological polar surface area (TPSA) is 91.8 Å². The Bertz CT molecular complexity index is 846. The van der Waals surface area contributed by atoms with Crippen LogP contribution in [0.15, 0.2) is 15.8 Å². The molecular formula is C12H14ClF2N2O6PS. The smallest absolute Gasteiger partial charge is 0.330 e. The second kappa shape index (κ2) is 6.49. The van der Waals surface area contributed by atoms with Crippen molar-refractivity contribution in [3.8, 4) is 0 Å². The van der Waals surface area contributed by atoms with E-state index >= 15 is 4.39 Å². The van der Waals surface area contributed by atoms with E-state index in [1.165, 1.54) is 0 Å². The molecule has 0 aromatic carbocycles. The first-order valence-corrected chi connectivity index (χ1v) is 10.1. The van der Waals surface area contributed by atoms with E-state index in [1.54, 1.807) is 18.8 Å². The van der Waals surface area contributed by atoms with Crippen LogP contribution >= 0.6 is 18.3 Å². The minimum Gasteiger partial charge on any atom is -0.344 e. The molecule has 1 N–H and O–H groups in total. The highest BCUT2D eigenvalue weighted by Gasteiger charge is 2.62. The van der Waals surface area contributed by atoms with Gasteiger partial charge in [0, 0.05) is 0 Å². The first kappa shape index (κ1) is 19.1. The molecule has 1 aromatic heterocycles. The van der Waals surface area contributed by atoms with Crippen LogP contribution in [0.3, 0.4) is 0 Å². The second-order valence-corrected chi connectivity index (χ2v) is 9.26. The molecule has 2 fully saturated rings. The number of H-pyrrole nitrogens is 1. The zero-order valence-electron chi connectivity index (χ0n) is 13.0. The van der Waals surface area contributed by atoms with Crippen molar-refractivity contribution < 1.29 is 27.1 Å². The third-order valence-electron chi connectivity index (χ3n) is 3.51. The Morgan fingerprint density at radius 2 is 2.24 bits per heavy atom. The van der Waals surface area contributed by atoms with E-state index < -0.39 is 47.3 Å². The van der Waals surface area contributed by atoms with Gasteiger partial charge in [0.05, 0.1) is 18.9 Å². The Labute approximate surface area is 150 Å². The number of nitrogens with zero attached hydrogens (tertiary/aromatic N) is 1. The maximum atomic E-state index is 15.2. The molecule has 3 rings (SSSR count). The van der Waals surface area contributed by atoms with Crippen LogP contribution in [0.2, 0.25) is 0 Å². The molecule has 25 heavy (non-hydrogen) atoms. The largest absolute Gasteiger partial charge is 0.344 e. The molecule has 0 amide bonds. The Morgan fingerprint density at radius 1 is 1.56 bits per heavy atom. The maximum Gasteiger partial charge on any atom is 0.330 e. The number of aromatic nitrogens is 2. The van der Waals surface area contributed by atoms with E-state index in [1.807, 2.05) is 0 Å². The quantitative estimate of drug-likeness (QED) is 0.588. The summed E-state index contributed by atoms with van der Waals surface area (Å²) in [6.07, 6.45) is -3.98. The van der Waals surface area contributed by atoms with Gasteiger partial charge in [0.1, 0.15) is 12.2 Å². The van der Waals surface area contributed by atoms with E-state index in [2.05, 4.69) is 0 Å². The Morgan fingerprint density at radius 3 is 2.88 bits per heavy atom. The summed E-state index contributed by atoms with van der Waals surface area (Å²) in [6, 6.07) is 0. The lowest BCUT2D eigenvalue weighted by Gasteiger charge is -2.35. The third kappa shape index (κ3) is 3.46. The lowest BCUT2D eigenvalue weighted by Crippen LogP contribution is -2.45. The molecule has 13 heteroatoms. The monoisotopic (exact) mass is 418 g/mol. The van der Waals surface area contributed by atoms with Gasteiger partial charge in [-0.15, -0.1) is 0 Å². The zero-order valence-corrected chi connectivity index (χ0v) is 15.4. The molecule has 2 aliphatic heterocycles. The van der Waals surface area contributed by atoms with Crippen LogP contribution in [0.5, 0.6) is 0 Å². The van der Waals surface area contributed by atoms with Crippen LogP contribution in [-0.4, -0.2) is 39.6 Å². The molecule has 1 aromatic rings. The van der Waals surface area contributed by atoms with E-state index in [9.17, 15) is 14.0 Å². The fourth-order valence-corrected chi connectivity index (χ4v) is 5.48. The highest BCUT2D eigenvalue weighted by molar-refractivity contribution is 8.07. The fraction of sp³-hybridized carbons (Fsp3) is 0.667. The van der Waals surface area contributed by atoms with Crippen molar-refractivity contribution in [1.29, 1.82) is 0 Å². The lowest BCUT2D eigenvalue weighted by molar-refractivity contribution is -0.0659. The Kier molecular flexibility index (Phi) is 4.95. The molecule has 2 aliphatic rings. The van der Waals surface area contributed by atoms with E-state index in [-0.39, 0.29) is 12.7 Å². The zero-order chi connectivity index (χ0) is 18.6. The minimum absolute atomic E-state index is 0.176. The number of nitrogens with one attached hydrogen (secondary N) is 1. The van der Waals surface area contributed by atoms with Crippen LogP contribution in [0, 0.1) is 5.82 Å². The number of fused-ring (bicyclic) bond motifs is 1. The van der Waals surface area contributed by atoms with Crippen LogP contribution in [-0.2, 0) is 30.1 Å². The summed E-state index contributed by atoms with van der Waals surface area (Å²) in [7, 11) is 0. The molecule has 0 saturated carbocycles. The predicted octanol–water partition coefficient (Wildman–Crippen LogP) is 1.54. The number of hydrogen-bond donors (Lipinski definition) is 1. The van der Waals surface area contributed by atoms with Gasteiger partial charge in [-0.05, 0) is 25.7 Å². The Balaban J connectivity index is 1.94. The summed E-state index contributed by atoms with van der Waals surface area (Å²) in [5.74, 6) is -1.30. The molecule has 2 saturated heterocycles. The Hall–Kier alpha value is -0.680. The van der Waals surface area contributed by atoms with Crippen molar-refractivity contribution in [2.75, 3.05) is 6.61 Å². The summed E-state index contributed by atoms with van der Waals surface area (Å²) in [5.41, 5.74) is -2.33. The van der Waals surface area contributed by atoms with Crippen molar-refractivity contribution in [2.24, 2.45) is 0 Å². The lowest BCUT2D eigenvalue weighted by atomic mass is 10.1. The number of ether oxygens (including phenoxy) is 1. The van der Waals surface area contributed by atoms with Crippen molar-refractivity contribution >= 4 is 30.1 Å². The average Bonchev–Trinajstić information content (AvgIpc) is 2.73. The molecule has 140 valence electrons. The van der Waals surface area contributed by atoms with Gasteiger partial charge in [0.15, 0.2) is 6.23 Å². The summed E-state index contributed by atoms with van der Waals surface area (Å²) in [4.78, 5) is 24.7. The fourth-order valence-electron chi connectivity index (χ4n) is 2.51. The maximum absolute atomic E-state index is 15.2. The van der Waals surface area contributed by atoms with Gasteiger partial charge in [-0.25, -0.2) is 9.18 Å². The first-order chi connectivity index (χ1) is 11.5. The molecule has 8 nitrogen and oxygen atoms in total. The van der Waals surface area contributed by atoms with E-state index in [0.29, 0.717) is 10.8 Å². The first-order valence-electron chi connectivity index (χ1n) is 7.19. The molecule has 0 radical (unpaired) electrons. The summed E-state index contributed by atoms with van der Waals surface area (Å²) in [5, 5.41) is -2.77. The molecular weight excluding hydrogens is 405 g/mol. The van der Waals surface area contributed by atoms with Gasteiger partial charge in [-0.3, -0.25) is 18.9 Å². The number of hydrogen-bond acceptors (Lipinski definition) is 7. The van der Waals surface area contributed by atoms with Gasteiger partial charge >= 0.3 is 12.4 Å². The summed E-state index contributed by atoms with van der Waals surface area (Å²) >= 11 is 11.1. The van der Waals surface area contributed by atoms with Crippen LogP contribution in [0.4, 0.5) is 8.78 Å². The number of rotatable bonds is 3. The highest BCUT2D eigenvalue weighted by Crippen LogP contribution is 2.61. The van der Waals surface area contributed by atoms with Crippen LogP contribution < -0.4 is 11.2 Å². The van der Waals surface area contributed by atoms with Crippen molar-refractivity contribution in [2.45, 2.75) is 43.5 Å². The molecule has 0 bridgehead atoms. The van der Waals surface area contributed by atoms with Crippen molar-refractivity contribution in [3.63, 3.8) is 0 Å². The highest BCUT2D eigenvalue weighted by atomic mass is 35.5. The standard InChI is InChI=1S/C12H14ClF2N2O6PS/c1-5(2)22-24(25)20-4-7-8(23-24)12(13,15)10(21-7)17-3-6(14)9(18)16-11(17)19/h3,5,7-8,10H,4H2,1-2H3,(H,16,18,19)/t7-,8-,10-,12-,24-/m1/s1. The number of aromatic amines is 1.